The third-order valence-electron chi connectivity index (χ3n) is 2.98. The number of hydrogen-bond acceptors (Lipinski definition) is 2. The van der Waals surface area contributed by atoms with E-state index in [0.717, 1.165) is 12.8 Å². The summed E-state index contributed by atoms with van der Waals surface area (Å²) in [6, 6.07) is 11.1. The van der Waals surface area contributed by atoms with Gasteiger partial charge in [-0.25, -0.2) is 0 Å². The zero-order valence-corrected chi connectivity index (χ0v) is 10.5. The molecule has 16 heavy (non-hydrogen) atoms. The summed E-state index contributed by atoms with van der Waals surface area (Å²) in [4.78, 5) is 0. The Morgan fingerprint density at radius 1 is 1.12 bits per heavy atom. The second-order valence-electron chi connectivity index (χ2n) is 4.62. The second kappa shape index (κ2) is 6.66. The SMILES string of the molecule is CC(CCc1ccccc1)NC(C)C(C)O. The molecular weight excluding hydrogens is 198 g/mol. The molecule has 0 fully saturated rings. The predicted octanol–water partition coefficient (Wildman–Crippen LogP) is 2.37. The van der Waals surface area contributed by atoms with Crippen LogP contribution in [0.3, 0.4) is 0 Å². The molecule has 2 heteroatoms. The van der Waals surface area contributed by atoms with E-state index in [1.165, 1.54) is 5.56 Å². The molecule has 1 aromatic rings. The smallest absolute Gasteiger partial charge is 0.0662 e. The van der Waals surface area contributed by atoms with Gasteiger partial charge in [0.15, 0.2) is 0 Å². The maximum Gasteiger partial charge on any atom is 0.0662 e. The van der Waals surface area contributed by atoms with Gasteiger partial charge < -0.3 is 10.4 Å². The van der Waals surface area contributed by atoms with Crippen molar-refractivity contribution >= 4 is 0 Å². The summed E-state index contributed by atoms with van der Waals surface area (Å²) in [6.07, 6.45) is 1.89. The maximum absolute atomic E-state index is 9.39. The fraction of sp³-hybridized carbons (Fsp3) is 0.571. The predicted molar refractivity (Wildman–Crippen MR) is 68.5 cm³/mol. The van der Waals surface area contributed by atoms with Crippen molar-refractivity contribution in [3.05, 3.63) is 35.9 Å². The van der Waals surface area contributed by atoms with E-state index in [-0.39, 0.29) is 12.1 Å². The van der Waals surface area contributed by atoms with E-state index in [1.54, 1.807) is 0 Å². The maximum atomic E-state index is 9.39. The Balaban J connectivity index is 2.28. The van der Waals surface area contributed by atoms with Crippen LogP contribution in [0.2, 0.25) is 0 Å². The monoisotopic (exact) mass is 221 g/mol. The summed E-state index contributed by atoms with van der Waals surface area (Å²) in [7, 11) is 0. The van der Waals surface area contributed by atoms with Gasteiger partial charge in [-0.2, -0.15) is 0 Å². The zero-order chi connectivity index (χ0) is 12.0. The average molecular weight is 221 g/mol. The zero-order valence-electron chi connectivity index (χ0n) is 10.5. The molecule has 3 unspecified atom stereocenters. The molecule has 0 amide bonds. The number of rotatable bonds is 6. The number of benzene rings is 1. The number of aliphatic hydroxyl groups is 1. The van der Waals surface area contributed by atoms with Gasteiger partial charge in [-0.05, 0) is 39.2 Å². The third kappa shape index (κ3) is 4.77. The quantitative estimate of drug-likeness (QED) is 0.773. The minimum atomic E-state index is -0.292. The standard InChI is InChI=1S/C14H23NO/c1-11(15-12(2)13(3)16)9-10-14-7-5-4-6-8-14/h4-8,11-13,15-16H,9-10H2,1-3H3. The fourth-order valence-electron chi connectivity index (χ4n) is 1.70. The molecule has 0 spiro atoms. The molecule has 0 aliphatic carbocycles. The average Bonchev–Trinajstić information content (AvgIpc) is 2.27. The van der Waals surface area contributed by atoms with Crippen LogP contribution in [0.5, 0.6) is 0 Å². The van der Waals surface area contributed by atoms with Gasteiger partial charge in [0, 0.05) is 12.1 Å². The molecule has 1 aromatic carbocycles. The molecule has 1 rings (SSSR count). The van der Waals surface area contributed by atoms with Crippen molar-refractivity contribution < 1.29 is 5.11 Å². The number of aryl methyl sites for hydroxylation is 1. The Kier molecular flexibility index (Phi) is 5.50. The minimum Gasteiger partial charge on any atom is -0.392 e. The van der Waals surface area contributed by atoms with Crippen molar-refractivity contribution in [3.63, 3.8) is 0 Å². The molecule has 0 aliphatic heterocycles. The third-order valence-corrected chi connectivity index (χ3v) is 2.98. The summed E-state index contributed by atoms with van der Waals surface area (Å²) in [5, 5.41) is 12.8. The van der Waals surface area contributed by atoms with E-state index in [2.05, 4.69) is 36.5 Å². The van der Waals surface area contributed by atoms with Gasteiger partial charge in [-0.3, -0.25) is 0 Å². The molecule has 2 N–H and O–H groups in total. The summed E-state index contributed by atoms with van der Waals surface area (Å²) in [5.41, 5.74) is 1.38. The van der Waals surface area contributed by atoms with Crippen molar-refractivity contribution in [3.8, 4) is 0 Å². The van der Waals surface area contributed by atoms with Crippen LogP contribution in [0.15, 0.2) is 30.3 Å². The van der Waals surface area contributed by atoms with E-state index in [0.29, 0.717) is 6.04 Å². The lowest BCUT2D eigenvalue weighted by molar-refractivity contribution is 0.146. The molecule has 0 radical (unpaired) electrons. The van der Waals surface area contributed by atoms with Crippen molar-refractivity contribution in [2.45, 2.75) is 51.8 Å². The normalized spacial score (nSPS) is 16.8. The van der Waals surface area contributed by atoms with Gasteiger partial charge in [0.05, 0.1) is 6.10 Å². The first-order valence-electron chi connectivity index (χ1n) is 6.07. The lowest BCUT2D eigenvalue weighted by Crippen LogP contribution is -2.41. The van der Waals surface area contributed by atoms with Gasteiger partial charge in [0.25, 0.3) is 0 Å². The van der Waals surface area contributed by atoms with Crippen LogP contribution in [0.4, 0.5) is 0 Å². The van der Waals surface area contributed by atoms with Crippen LogP contribution in [-0.4, -0.2) is 23.3 Å². The highest BCUT2D eigenvalue weighted by atomic mass is 16.3. The molecular formula is C14H23NO. The first-order valence-corrected chi connectivity index (χ1v) is 6.07. The van der Waals surface area contributed by atoms with Crippen molar-refractivity contribution in [2.75, 3.05) is 0 Å². The van der Waals surface area contributed by atoms with Crippen LogP contribution >= 0.6 is 0 Å². The summed E-state index contributed by atoms with van der Waals surface area (Å²) >= 11 is 0. The van der Waals surface area contributed by atoms with Crippen LogP contribution in [-0.2, 0) is 6.42 Å². The van der Waals surface area contributed by atoms with E-state index >= 15 is 0 Å². The number of aliphatic hydroxyl groups excluding tert-OH is 1. The Hall–Kier alpha value is -0.860. The molecule has 0 saturated heterocycles. The van der Waals surface area contributed by atoms with Crippen molar-refractivity contribution in [1.82, 2.24) is 5.32 Å². The molecule has 0 bridgehead atoms. The first kappa shape index (κ1) is 13.2. The molecule has 3 atom stereocenters. The topological polar surface area (TPSA) is 32.3 Å². The van der Waals surface area contributed by atoms with E-state index in [4.69, 9.17) is 0 Å². The Bertz CT molecular complexity index is 284. The van der Waals surface area contributed by atoms with Crippen LogP contribution in [0.25, 0.3) is 0 Å². The Morgan fingerprint density at radius 3 is 2.31 bits per heavy atom. The molecule has 0 aliphatic rings. The van der Waals surface area contributed by atoms with Gasteiger partial charge in [0.1, 0.15) is 0 Å². The van der Waals surface area contributed by atoms with Crippen LogP contribution in [0, 0.1) is 0 Å². The lowest BCUT2D eigenvalue weighted by atomic mass is 10.1. The molecule has 90 valence electrons. The van der Waals surface area contributed by atoms with Gasteiger partial charge in [-0.1, -0.05) is 30.3 Å². The fourth-order valence-corrected chi connectivity index (χ4v) is 1.70. The Morgan fingerprint density at radius 2 is 1.75 bits per heavy atom. The van der Waals surface area contributed by atoms with Crippen molar-refractivity contribution in [1.29, 1.82) is 0 Å². The van der Waals surface area contributed by atoms with E-state index in [1.807, 2.05) is 19.9 Å². The second-order valence-corrected chi connectivity index (χ2v) is 4.62. The number of hydrogen-bond donors (Lipinski definition) is 2. The molecule has 0 heterocycles. The van der Waals surface area contributed by atoms with E-state index in [9.17, 15) is 5.11 Å². The highest BCUT2D eigenvalue weighted by Gasteiger charge is 2.11. The first-order chi connectivity index (χ1) is 7.59. The van der Waals surface area contributed by atoms with Gasteiger partial charge in [-0.15, -0.1) is 0 Å². The molecule has 2 nitrogen and oxygen atoms in total. The van der Waals surface area contributed by atoms with Crippen LogP contribution < -0.4 is 5.32 Å². The highest BCUT2D eigenvalue weighted by Crippen LogP contribution is 2.05. The van der Waals surface area contributed by atoms with E-state index < -0.39 is 0 Å². The Labute approximate surface area is 98.7 Å². The van der Waals surface area contributed by atoms with Gasteiger partial charge >= 0.3 is 0 Å². The molecule has 0 saturated carbocycles. The summed E-state index contributed by atoms with van der Waals surface area (Å²) < 4.78 is 0. The van der Waals surface area contributed by atoms with Crippen molar-refractivity contribution in [2.24, 2.45) is 0 Å². The van der Waals surface area contributed by atoms with Crippen LogP contribution in [0.1, 0.15) is 32.8 Å². The minimum absolute atomic E-state index is 0.158. The highest BCUT2D eigenvalue weighted by molar-refractivity contribution is 5.14. The summed E-state index contributed by atoms with van der Waals surface area (Å²) in [5.74, 6) is 0. The lowest BCUT2D eigenvalue weighted by Gasteiger charge is -2.22. The number of nitrogens with one attached hydrogen (secondary N) is 1. The summed E-state index contributed by atoms with van der Waals surface area (Å²) in [6.45, 7) is 6.01. The van der Waals surface area contributed by atoms with Gasteiger partial charge in [0.2, 0.25) is 0 Å². The largest absolute Gasteiger partial charge is 0.392 e. The molecule has 0 aromatic heterocycles.